The van der Waals surface area contributed by atoms with Gasteiger partial charge in [-0.15, -0.1) is 0 Å². The van der Waals surface area contributed by atoms with Crippen LogP contribution in [-0.4, -0.2) is 427 Å². The molecule has 6 N–H and O–H groups in total. The van der Waals surface area contributed by atoms with Crippen LogP contribution in [0.4, 0.5) is 4.39 Å². The highest BCUT2D eigenvalue weighted by Crippen LogP contribution is 2.23. The zero-order valence-electron chi connectivity index (χ0n) is 83.9. The Balaban J connectivity index is -0.000000104. The van der Waals surface area contributed by atoms with Crippen LogP contribution in [0.2, 0.25) is 0 Å². The van der Waals surface area contributed by atoms with E-state index in [1.165, 1.54) is 162 Å². The average Bonchev–Trinajstić information content (AvgIpc) is 1.45. The maximum atomic E-state index is 12.8. The van der Waals surface area contributed by atoms with Gasteiger partial charge in [-0.05, 0) is 428 Å². The van der Waals surface area contributed by atoms with Crippen LogP contribution in [0.1, 0.15) is 214 Å². The molecule has 1 unspecified atom stereocenters. The molecule has 1 aliphatic carbocycles. The van der Waals surface area contributed by atoms with E-state index in [0.29, 0.717) is 42.2 Å². The van der Waals surface area contributed by atoms with Gasteiger partial charge in [-0.25, -0.2) is 4.39 Å². The van der Waals surface area contributed by atoms with Gasteiger partial charge in [0.15, 0.2) is 0 Å². The molecular formula is C88H216FN19O. The minimum atomic E-state index is -0.908. The number of piperidine rings is 1. The van der Waals surface area contributed by atoms with Gasteiger partial charge in [0.1, 0.15) is 5.67 Å². The smallest absolute Gasteiger partial charge is 0.122 e. The number of likely N-dealkylation sites (N-methyl/N-ethyl adjacent to an activating group) is 1. The Morgan fingerprint density at radius 2 is 0.752 bits per heavy atom. The van der Waals surface area contributed by atoms with Crippen LogP contribution in [0.15, 0.2) is 0 Å². The van der Waals surface area contributed by atoms with Gasteiger partial charge in [0, 0.05) is 55.4 Å². The van der Waals surface area contributed by atoms with Crippen molar-refractivity contribution in [3.63, 3.8) is 0 Å². The van der Waals surface area contributed by atoms with Crippen molar-refractivity contribution in [2.24, 2.45) is 11.8 Å². The Kier molecular flexibility index (Phi) is 112. The standard InChI is InChI=1S/3C7H15N.C6H12FN.C6H15N.C5H11NO.2C5H11N.3C5H13N.C4H9N.2C4H11N.3C3H9N.2C2H7N/c1-7-3-5-8(2)6-4-7;1-8(2)7-5-3-4-6-7;1-8-6-4-2-3-5-7-8;1-6(7)3-4-8(2)5-6;1-6(2,3)7(4)5;1-6(2)5-3-7-4-5;1-5-3-6(2)4-5;1-6-4-2-3-5-6;1-5(2)6(3)4;1-5(2,3)6-4;1-4-5-6(2)3;1-5-3-2-4-5;1-4-5(2)3;1-4(2)5-3;1-4(2)3;2*1-3-4-2;2*1-3-2/h2*7H,3-6H2,1-2H3;2-7H2,1H3;3-5H2,1-2H3;1-5H3;5H,3-4H2,1-2H3;5H,3-4H2,1-2H3;2-5H2,1H3;5H,1-4H3;6H,1-4H3;4-5H2,1-3H3;2-4H2,1H3;4H2,1-3H3;4-5H,1-3H3;1-3H3;2*4H,3H2,1-2H3;2*3H,1-2H3. The molecule has 0 bridgehead atoms. The van der Waals surface area contributed by atoms with Crippen molar-refractivity contribution in [1.82, 2.24) is 95.6 Å². The zero-order chi connectivity index (χ0) is 87.8. The number of ether oxygens (including phenoxy) is 1. The summed E-state index contributed by atoms with van der Waals surface area (Å²) >= 11 is 0. The summed E-state index contributed by atoms with van der Waals surface area (Å²) in [6.45, 7) is 57.2. The third kappa shape index (κ3) is 137. The third-order valence-electron chi connectivity index (χ3n) is 18.2. The molecule has 676 valence electrons. The molecule has 0 spiro atoms. The molecule has 1 atom stereocenters. The lowest BCUT2D eigenvalue weighted by Gasteiger charge is -2.33. The summed E-state index contributed by atoms with van der Waals surface area (Å²) in [4.78, 5) is 29.0. The van der Waals surface area contributed by atoms with Crippen LogP contribution >= 0.6 is 0 Å². The number of alkyl halides is 1. The molecule has 20 nitrogen and oxygen atoms in total. The number of likely N-dealkylation sites (tertiary alicyclic amines) is 6. The van der Waals surface area contributed by atoms with E-state index in [1.54, 1.807) is 6.92 Å². The lowest BCUT2D eigenvalue weighted by molar-refractivity contribution is -0.0477. The second kappa shape index (κ2) is 92.6. The van der Waals surface area contributed by atoms with Crippen molar-refractivity contribution in [3.8, 4) is 0 Å². The van der Waals surface area contributed by atoms with E-state index in [2.05, 4.69) is 316 Å². The van der Waals surface area contributed by atoms with Gasteiger partial charge < -0.3 is 100 Å². The lowest BCUT2D eigenvalue weighted by atomic mass is 10.00. The number of halogens is 1. The molecule has 109 heavy (non-hydrogen) atoms. The molecule has 7 aliphatic heterocycles. The molecule has 0 aromatic carbocycles. The SMILES string of the molecule is CC(C)N(C)C.CC1CCN(C)CC1.CC1CN(C)C1.CCCN(C)C.CCN(C)C.CCNC.CCNC.CN(C)C.CN(C)C(C)(C)C.CN(C)C1CCCC1.CN(C)C1COC1.CN1CCC(C)(F)C1.CN1CCC1.CN1CCCC1.CN1CCCCCC1.CNC.CNC.CNC(C)(C)C.CNC(C)C. The molecule has 0 aromatic rings. The van der Waals surface area contributed by atoms with Crippen molar-refractivity contribution < 1.29 is 9.13 Å². The highest BCUT2D eigenvalue weighted by atomic mass is 19.1. The average molecular weight is 1580 g/mol. The van der Waals surface area contributed by atoms with Gasteiger partial charge in [0.25, 0.3) is 0 Å². The van der Waals surface area contributed by atoms with E-state index in [1.807, 2.05) is 94.4 Å². The summed E-state index contributed by atoms with van der Waals surface area (Å²) in [5.74, 6) is 1.95. The monoisotopic (exact) mass is 1570 g/mol. The van der Waals surface area contributed by atoms with E-state index in [4.69, 9.17) is 4.74 Å². The zero-order valence-corrected chi connectivity index (χ0v) is 83.9. The molecule has 8 rings (SSSR count). The van der Waals surface area contributed by atoms with Crippen LogP contribution < -0.4 is 31.9 Å². The van der Waals surface area contributed by atoms with E-state index in [-0.39, 0.29) is 0 Å². The maximum absolute atomic E-state index is 12.8. The lowest BCUT2D eigenvalue weighted by Crippen LogP contribution is -2.44. The number of nitrogens with zero attached hydrogens (tertiary/aromatic N) is 13. The fourth-order valence-corrected chi connectivity index (χ4v) is 8.26. The molecule has 0 aromatic heterocycles. The van der Waals surface area contributed by atoms with Crippen molar-refractivity contribution in [2.45, 2.75) is 255 Å². The first kappa shape index (κ1) is 132. The van der Waals surface area contributed by atoms with Crippen molar-refractivity contribution in [2.75, 3.05) is 322 Å². The van der Waals surface area contributed by atoms with E-state index < -0.39 is 5.67 Å². The summed E-state index contributed by atoms with van der Waals surface area (Å²) in [5.41, 5.74) is -0.283. The predicted molar refractivity (Wildman–Crippen MR) is 500 cm³/mol. The minimum Gasteiger partial charge on any atom is -0.378 e. The van der Waals surface area contributed by atoms with Crippen molar-refractivity contribution in [3.05, 3.63) is 0 Å². The Bertz CT molecular complexity index is 1520. The van der Waals surface area contributed by atoms with Crippen molar-refractivity contribution in [1.29, 1.82) is 0 Å². The third-order valence-corrected chi connectivity index (χ3v) is 18.2. The molecule has 8 fully saturated rings. The van der Waals surface area contributed by atoms with E-state index in [0.717, 1.165) is 57.3 Å². The van der Waals surface area contributed by atoms with Gasteiger partial charge in [0.05, 0.1) is 19.3 Å². The van der Waals surface area contributed by atoms with E-state index >= 15 is 0 Å². The molecule has 21 heteroatoms. The van der Waals surface area contributed by atoms with Gasteiger partial charge in [-0.3, -0.25) is 0 Å². The van der Waals surface area contributed by atoms with Crippen LogP contribution in [0.5, 0.6) is 0 Å². The summed E-state index contributed by atoms with van der Waals surface area (Å²) in [6, 6.07) is 2.91. The number of hydrogen-bond donors (Lipinski definition) is 6. The summed E-state index contributed by atoms with van der Waals surface area (Å²) < 4.78 is 17.8. The first-order valence-electron chi connectivity index (χ1n) is 43.1. The van der Waals surface area contributed by atoms with Crippen LogP contribution in [0.25, 0.3) is 0 Å². The maximum Gasteiger partial charge on any atom is 0.122 e. The fourth-order valence-electron chi connectivity index (χ4n) is 8.26. The van der Waals surface area contributed by atoms with Crippen LogP contribution in [-0.2, 0) is 4.74 Å². The molecule has 7 heterocycles. The highest BCUT2D eigenvalue weighted by molar-refractivity contribution is 4.84. The Morgan fingerprint density at radius 1 is 0.459 bits per heavy atom. The molecule has 0 amide bonds. The normalized spacial score (nSPS) is 18.7. The number of nitrogens with one attached hydrogen (secondary N) is 6. The van der Waals surface area contributed by atoms with Gasteiger partial charge in [-0.1, -0.05) is 81.1 Å². The first-order valence-corrected chi connectivity index (χ1v) is 43.1. The fraction of sp³-hybridized carbons (Fsp3) is 1.00. The first-order chi connectivity index (χ1) is 50.3. The van der Waals surface area contributed by atoms with Crippen LogP contribution in [0.3, 0.4) is 0 Å². The largest absolute Gasteiger partial charge is 0.378 e. The number of hydrogen-bond acceptors (Lipinski definition) is 20. The highest BCUT2D eigenvalue weighted by Gasteiger charge is 2.31. The molecule has 1 saturated carbocycles. The quantitative estimate of drug-likeness (QED) is 0.131. The second-order valence-corrected chi connectivity index (χ2v) is 35.7. The second-order valence-electron chi connectivity index (χ2n) is 35.7. The minimum absolute atomic E-state index is 0.292. The molecule has 0 radical (unpaired) electrons. The van der Waals surface area contributed by atoms with Crippen LogP contribution in [0, 0.1) is 11.8 Å². The van der Waals surface area contributed by atoms with Crippen molar-refractivity contribution >= 4 is 0 Å². The molecule has 8 aliphatic rings. The Labute approximate surface area is 690 Å². The van der Waals surface area contributed by atoms with Gasteiger partial charge in [-0.2, -0.15) is 0 Å². The Morgan fingerprint density at radius 3 is 0.844 bits per heavy atom. The predicted octanol–water partition coefficient (Wildman–Crippen LogP) is 12.7. The summed E-state index contributed by atoms with van der Waals surface area (Å²) in [6.07, 6.45) is 20.5. The Hall–Kier alpha value is -0.870. The summed E-state index contributed by atoms with van der Waals surface area (Å²) in [5, 5.41) is 17.5. The summed E-state index contributed by atoms with van der Waals surface area (Å²) in [7, 11) is 59.2. The van der Waals surface area contributed by atoms with Gasteiger partial charge in [0.2, 0.25) is 0 Å². The topological polar surface area (TPSA) is 124 Å². The van der Waals surface area contributed by atoms with Gasteiger partial charge >= 0.3 is 0 Å². The molecule has 7 saturated heterocycles. The number of rotatable bonds is 9. The molecular weight excluding hydrogens is 1360 g/mol. The van der Waals surface area contributed by atoms with E-state index in [9.17, 15) is 4.39 Å².